The number of nitrogens with one attached hydrogen (secondary N) is 1. The lowest BCUT2D eigenvalue weighted by molar-refractivity contribution is -0.118. The van der Waals surface area contributed by atoms with Crippen molar-refractivity contribution in [2.24, 2.45) is 0 Å². The highest BCUT2D eigenvalue weighted by molar-refractivity contribution is 8.01. The van der Waals surface area contributed by atoms with Crippen LogP contribution in [0.2, 0.25) is 0 Å². The molecule has 5 nitrogen and oxygen atoms in total. The average molecular weight is 380 g/mol. The standard InChI is InChI=1S/C19H16N4OS2/c24-18(13-25-19-22-15-7-2-4-9-17(15)26-19)20-12-14-6-1-3-8-16(14)23-11-5-10-21-23/h1-11H,12-13H2,(H,20,24). The predicted octanol–water partition coefficient (Wildman–Crippen LogP) is 3.89. The summed E-state index contributed by atoms with van der Waals surface area (Å²) in [6.45, 7) is 0.468. The van der Waals surface area contributed by atoms with E-state index in [1.807, 2.05) is 60.8 Å². The number of carbonyl (C=O) groups excluding carboxylic acids is 1. The Labute approximate surface area is 159 Å². The van der Waals surface area contributed by atoms with Gasteiger partial charge in [-0.15, -0.1) is 11.3 Å². The maximum absolute atomic E-state index is 12.2. The topological polar surface area (TPSA) is 59.8 Å². The highest BCUT2D eigenvalue weighted by Crippen LogP contribution is 2.29. The fraction of sp³-hybridized carbons (Fsp3) is 0.105. The molecule has 2 aromatic heterocycles. The molecular weight excluding hydrogens is 364 g/mol. The molecule has 0 atom stereocenters. The van der Waals surface area contributed by atoms with Gasteiger partial charge in [-0.2, -0.15) is 5.10 Å². The Balaban J connectivity index is 1.36. The molecule has 0 spiro atoms. The van der Waals surface area contributed by atoms with Gasteiger partial charge in [-0.3, -0.25) is 4.79 Å². The van der Waals surface area contributed by atoms with Crippen LogP contribution in [0.1, 0.15) is 5.56 Å². The average Bonchev–Trinajstić information content (AvgIpc) is 3.34. The minimum atomic E-state index is -0.00970. The molecule has 0 radical (unpaired) electrons. The van der Waals surface area contributed by atoms with Gasteiger partial charge in [-0.1, -0.05) is 42.1 Å². The second-order valence-electron chi connectivity index (χ2n) is 5.59. The molecule has 2 heterocycles. The lowest BCUT2D eigenvalue weighted by atomic mass is 10.2. The molecule has 0 aliphatic heterocycles. The van der Waals surface area contributed by atoms with Gasteiger partial charge in [0, 0.05) is 18.9 Å². The highest BCUT2D eigenvalue weighted by atomic mass is 32.2. The Hall–Kier alpha value is -2.64. The number of hydrogen-bond acceptors (Lipinski definition) is 5. The van der Waals surface area contributed by atoms with Crippen LogP contribution in [0.4, 0.5) is 0 Å². The first kappa shape index (κ1) is 16.8. The van der Waals surface area contributed by atoms with Gasteiger partial charge in [-0.05, 0) is 29.8 Å². The molecule has 7 heteroatoms. The maximum Gasteiger partial charge on any atom is 0.230 e. The van der Waals surface area contributed by atoms with Gasteiger partial charge in [0.1, 0.15) is 0 Å². The van der Waals surface area contributed by atoms with E-state index in [-0.39, 0.29) is 5.91 Å². The molecule has 2 aromatic carbocycles. The van der Waals surface area contributed by atoms with Crippen LogP contribution in [0.5, 0.6) is 0 Å². The summed E-state index contributed by atoms with van der Waals surface area (Å²) in [5.41, 5.74) is 2.97. The molecule has 4 rings (SSSR count). The predicted molar refractivity (Wildman–Crippen MR) is 106 cm³/mol. The van der Waals surface area contributed by atoms with Crippen molar-refractivity contribution >= 4 is 39.2 Å². The number of nitrogens with zero attached hydrogens (tertiary/aromatic N) is 3. The molecule has 130 valence electrons. The van der Waals surface area contributed by atoms with Crippen LogP contribution < -0.4 is 5.32 Å². The van der Waals surface area contributed by atoms with Crippen molar-refractivity contribution in [3.63, 3.8) is 0 Å². The minimum absolute atomic E-state index is 0.00970. The van der Waals surface area contributed by atoms with Crippen LogP contribution in [0.3, 0.4) is 0 Å². The molecule has 26 heavy (non-hydrogen) atoms. The van der Waals surface area contributed by atoms with Crippen LogP contribution in [0.15, 0.2) is 71.3 Å². The number of carbonyl (C=O) groups is 1. The summed E-state index contributed by atoms with van der Waals surface area (Å²) >= 11 is 3.08. The van der Waals surface area contributed by atoms with Gasteiger partial charge in [0.2, 0.25) is 5.91 Å². The summed E-state index contributed by atoms with van der Waals surface area (Å²) < 4.78 is 3.86. The van der Waals surface area contributed by atoms with E-state index in [9.17, 15) is 4.79 Å². The zero-order valence-electron chi connectivity index (χ0n) is 13.8. The van der Waals surface area contributed by atoms with Gasteiger partial charge in [0.25, 0.3) is 0 Å². The van der Waals surface area contributed by atoms with Crippen LogP contribution in [0.25, 0.3) is 15.9 Å². The normalized spacial score (nSPS) is 10.9. The monoisotopic (exact) mass is 380 g/mol. The second kappa shape index (κ2) is 7.72. The number of aromatic nitrogens is 3. The van der Waals surface area contributed by atoms with Crippen molar-refractivity contribution in [2.45, 2.75) is 10.9 Å². The number of benzene rings is 2. The molecule has 0 aliphatic rings. The van der Waals surface area contributed by atoms with Crippen molar-refractivity contribution < 1.29 is 4.79 Å². The molecule has 0 saturated carbocycles. The van der Waals surface area contributed by atoms with E-state index in [1.54, 1.807) is 22.2 Å². The summed E-state index contributed by atoms with van der Waals surface area (Å²) in [6, 6.07) is 17.8. The third kappa shape index (κ3) is 3.79. The lowest BCUT2D eigenvalue weighted by Crippen LogP contribution is -2.25. The number of thiazole rings is 1. The summed E-state index contributed by atoms with van der Waals surface area (Å²) in [5.74, 6) is 0.341. The Morgan fingerprint density at radius 2 is 1.96 bits per heavy atom. The number of amides is 1. The summed E-state index contributed by atoms with van der Waals surface area (Å²) in [5, 5.41) is 7.25. The third-order valence-corrected chi connectivity index (χ3v) is 6.00. The number of para-hydroxylation sites is 2. The Kier molecular flexibility index (Phi) is 4.99. The van der Waals surface area contributed by atoms with E-state index in [0.717, 1.165) is 25.8 Å². The van der Waals surface area contributed by atoms with Crippen molar-refractivity contribution in [3.8, 4) is 5.69 Å². The molecule has 1 N–H and O–H groups in total. The highest BCUT2D eigenvalue weighted by Gasteiger charge is 2.09. The first-order chi connectivity index (χ1) is 12.8. The quantitative estimate of drug-likeness (QED) is 0.516. The number of thioether (sulfide) groups is 1. The summed E-state index contributed by atoms with van der Waals surface area (Å²) in [4.78, 5) is 16.8. The van der Waals surface area contributed by atoms with Crippen molar-refractivity contribution in [1.82, 2.24) is 20.1 Å². The van der Waals surface area contributed by atoms with E-state index in [0.29, 0.717) is 12.3 Å². The molecule has 0 fully saturated rings. The second-order valence-corrected chi connectivity index (χ2v) is 7.85. The zero-order chi connectivity index (χ0) is 17.8. The first-order valence-electron chi connectivity index (χ1n) is 8.12. The molecular formula is C19H16N4OS2. The van der Waals surface area contributed by atoms with E-state index in [2.05, 4.69) is 15.4 Å². The molecule has 0 saturated heterocycles. The van der Waals surface area contributed by atoms with Crippen LogP contribution in [-0.4, -0.2) is 26.4 Å². The third-order valence-electron chi connectivity index (χ3n) is 3.82. The first-order valence-corrected chi connectivity index (χ1v) is 9.93. The zero-order valence-corrected chi connectivity index (χ0v) is 15.5. The number of hydrogen-bond donors (Lipinski definition) is 1. The molecule has 1 amide bonds. The molecule has 4 aromatic rings. The Morgan fingerprint density at radius 3 is 2.81 bits per heavy atom. The molecule has 0 aliphatic carbocycles. The summed E-state index contributed by atoms with van der Waals surface area (Å²) in [7, 11) is 0. The van der Waals surface area contributed by atoms with Crippen molar-refractivity contribution in [1.29, 1.82) is 0 Å². The lowest BCUT2D eigenvalue weighted by Gasteiger charge is -2.10. The number of fused-ring (bicyclic) bond motifs is 1. The fourth-order valence-electron chi connectivity index (χ4n) is 2.58. The fourth-order valence-corrected chi connectivity index (χ4v) is 4.48. The van der Waals surface area contributed by atoms with Crippen molar-refractivity contribution in [2.75, 3.05) is 5.75 Å². The minimum Gasteiger partial charge on any atom is -0.351 e. The maximum atomic E-state index is 12.2. The van der Waals surface area contributed by atoms with Gasteiger partial charge in [-0.25, -0.2) is 9.67 Å². The van der Waals surface area contributed by atoms with Crippen molar-refractivity contribution in [3.05, 3.63) is 72.6 Å². The van der Waals surface area contributed by atoms with E-state index in [4.69, 9.17) is 0 Å². The molecule has 0 unspecified atom stereocenters. The Morgan fingerprint density at radius 1 is 1.12 bits per heavy atom. The summed E-state index contributed by atoms with van der Waals surface area (Å²) in [6.07, 6.45) is 3.63. The Bertz CT molecular complexity index is 994. The van der Waals surface area contributed by atoms with Gasteiger partial charge in [0.15, 0.2) is 4.34 Å². The van der Waals surface area contributed by atoms with E-state index >= 15 is 0 Å². The van der Waals surface area contributed by atoms with Gasteiger partial charge in [0.05, 0.1) is 21.7 Å². The van der Waals surface area contributed by atoms with Crippen LogP contribution in [0, 0.1) is 0 Å². The van der Waals surface area contributed by atoms with E-state index in [1.165, 1.54) is 11.8 Å². The van der Waals surface area contributed by atoms with Gasteiger partial charge >= 0.3 is 0 Å². The number of rotatable bonds is 6. The smallest absolute Gasteiger partial charge is 0.230 e. The molecule has 0 bridgehead atoms. The van der Waals surface area contributed by atoms with Gasteiger partial charge < -0.3 is 5.32 Å². The van der Waals surface area contributed by atoms with Crippen LogP contribution in [-0.2, 0) is 11.3 Å². The SMILES string of the molecule is O=C(CSc1nc2ccccc2s1)NCc1ccccc1-n1cccn1. The van der Waals surface area contributed by atoms with E-state index < -0.39 is 0 Å². The largest absolute Gasteiger partial charge is 0.351 e. The van der Waals surface area contributed by atoms with Crippen LogP contribution >= 0.6 is 23.1 Å².